The van der Waals surface area contributed by atoms with E-state index in [1.807, 2.05) is 26.0 Å². The van der Waals surface area contributed by atoms with Gasteiger partial charge < -0.3 is 14.8 Å². The molecule has 0 fully saturated rings. The number of amides is 1. The van der Waals surface area contributed by atoms with Crippen LogP contribution in [0, 0.1) is 0 Å². The van der Waals surface area contributed by atoms with Gasteiger partial charge in [-0.25, -0.2) is 0 Å². The molecule has 1 amide bonds. The van der Waals surface area contributed by atoms with Crippen molar-refractivity contribution in [3.05, 3.63) is 24.3 Å². The van der Waals surface area contributed by atoms with Gasteiger partial charge in [0.15, 0.2) is 0 Å². The van der Waals surface area contributed by atoms with Crippen LogP contribution < -0.4 is 10.1 Å². The molecule has 1 aromatic carbocycles. The zero-order valence-corrected chi connectivity index (χ0v) is 9.82. The number of hydrogen-bond acceptors (Lipinski definition) is 3. The van der Waals surface area contributed by atoms with Crippen LogP contribution in [0.3, 0.4) is 0 Å². The smallest absolute Gasteiger partial charge is 0.250 e. The van der Waals surface area contributed by atoms with Crippen molar-refractivity contribution < 1.29 is 14.3 Å². The number of anilines is 1. The number of ether oxygens (including phenoxy) is 2. The first-order valence-corrected chi connectivity index (χ1v) is 5.18. The van der Waals surface area contributed by atoms with Gasteiger partial charge in [-0.15, -0.1) is 0 Å². The number of rotatable bonds is 5. The molecule has 0 aliphatic carbocycles. The Hall–Kier alpha value is -1.55. The van der Waals surface area contributed by atoms with Gasteiger partial charge in [0.05, 0.1) is 18.9 Å². The summed E-state index contributed by atoms with van der Waals surface area (Å²) in [5.41, 5.74) is 0.655. The number of carbonyl (C=O) groups is 1. The van der Waals surface area contributed by atoms with Crippen LogP contribution in [0.25, 0.3) is 0 Å². The Labute approximate surface area is 95.6 Å². The van der Waals surface area contributed by atoms with Crippen LogP contribution in [0.15, 0.2) is 24.3 Å². The third-order valence-electron chi connectivity index (χ3n) is 1.93. The number of nitrogens with one attached hydrogen (secondary N) is 1. The summed E-state index contributed by atoms with van der Waals surface area (Å²) in [4.78, 5) is 11.5. The fraction of sp³-hybridized carbons (Fsp3) is 0.417. The Morgan fingerprint density at radius 2 is 2.06 bits per heavy atom. The molecule has 0 bridgehead atoms. The predicted molar refractivity (Wildman–Crippen MR) is 62.7 cm³/mol. The van der Waals surface area contributed by atoms with Gasteiger partial charge in [-0.05, 0) is 26.0 Å². The molecule has 4 nitrogen and oxygen atoms in total. The average molecular weight is 223 g/mol. The van der Waals surface area contributed by atoms with E-state index in [1.54, 1.807) is 19.2 Å². The first-order valence-electron chi connectivity index (χ1n) is 5.18. The van der Waals surface area contributed by atoms with Gasteiger partial charge in [-0.1, -0.05) is 12.1 Å². The van der Waals surface area contributed by atoms with Gasteiger partial charge in [-0.2, -0.15) is 0 Å². The predicted octanol–water partition coefficient (Wildman–Crippen LogP) is 2.06. The van der Waals surface area contributed by atoms with Crippen molar-refractivity contribution >= 4 is 11.6 Å². The lowest BCUT2D eigenvalue weighted by atomic mass is 10.3. The molecule has 0 radical (unpaired) electrons. The second-order valence-electron chi connectivity index (χ2n) is 3.61. The molecule has 0 unspecified atom stereocenters. The van der Waals surface area contributed by atoms with Gasteiger partial charge in [0.25, 0.3) is 0 Å². The van der Waals surface area contributed by atoms with E-state index in [0.29, 0.717) is 11.4 Å². The summed E-state index contributed by atoms with van der Waals surface area (Å²) in [5, 5.41) is 2.73. The van der Waals surface area contributed by atoms with Crippen LogP contribution in [0.2, 0.25) is 0 Å². The van der Waals surface area contributed by atoms with Crippen molar-refractivity contribution in [1.29, 1.82) is 0 Å². The Balaban J connectivity index is 2.55. The molecule has 4 heteroatoms. The van der Waals surface area contributed by atoms with Crippen molar-refractivity contribution in [2.75, 3.05) is 19.0 Å². The SMILES string of the molecule is COc1ccccc1NC(=O)COC(C)C. The number of hydrogen-bond donors (Lipinski definition) is 1. The van der Waals surface area contributed by atoms with E-state index in [0.717, 1.165) is 0 Å². The minimum atomic E-state index is -0.182. The molecule has 1 aromatic rings. The highest BCUT2D eigenvalue weighted by Gasteiger charge is 2.07. The van der Waals surface area contributed by atoms with E-state index in [4.69, 9.17) is 9.47 Å². The molecular formula is C12H17NO3. The van der Waals surface area contributed by atoms with Crippen LogP contribution in [0.4, 0.5) is 5.69 Å². The molecule has 0 saturated heterocycles. The maximum atomic E-state index is 11.5. The van der Waals surface area contributed by atoms with E-state index in [2.05, 4.69) is 5.32 Å². The highest BCUT2D eigenvalue weighted by molar-refractivity contribution is 5.93. The molecule has 0 saturated carbocycles. The quantitative estimate of drug-likeness (QED) is 0.831. The first kappa shape index (κ1) is 12.5. The third-order valence-corrected chi connectivity index (χ3v) is 1.93. The first-order chi connectivity index (χ1) is 7.63. The summed E-state index contributed by atoms with van der Waals surface area (Å²) < 4.78 is 10.3. The number of para-hydroxylation sites is 2. The summed E-state index contributed by atoms with van der Waals surface area (Å²) in [6, 6.07) is 7.26. The molecule has 0 aliphatic rings. The van der Waals surface area contributed by atoms with Gasteiger partial charge >= 0.3 is 0 Å². The average Bonchev–Trinajstić information content (AvgIpc) is 2.27. The molecule has 0 aliphatic heterocycles. The van der Waals surface area contributed by atoms with E-state index in [9.17, 15) is 4.79 Å². The van der Waals surface area contributed by atoms with Gasteiger partial charge in [-0.3, -0.25) is 4.79 Å². The van der Waals surface area contributed by atoms with Crippen molar-refractivity contribution in [2.45, 2.75) is 20.0 Å². The van der Waals surface area contributed by atoms with Crippen LogP contribution in [0.1, 0.15) is 13.8 Å². The molecule has 0 atom stereocenters. The second kappa shape index (κ2) is 6.12. The van der Waals surface area contributed by atoms with E-state index >= 15 is 0 Å². The molecule has 1 rings (SSSR count). The van der Waals surface area contributed by atoms with Gasteiger partial charge in [0.2, 0.25) is 5.91 Å². The topological polar surface area (TPSA) is 47.6 Å². The molecule has 0 heterocycles. The van der Waals surface area contributed by atoms with Crippen LogP contribution in [-0.2, 0) is 9.53 Å². The molecular weight excluding hydrogens is 206 g/mol. The maximum Gasteiger partial charge on any atom is 0.250 e. The van der Waals surface area contributed by atoms with Crippen molar-refractivity contribution in [3.8, 4) is 5.75 Å². The highest BCUT2D eigenvalue weighted by atomic mass is 16.5. The summed E-state index contributed by atoms with van der Waals surface area (Å²) >= 11 is 0. The molecule has 0 aromatic heterocycles. The van der Waals surface area contributed by atoms with E-state index in [-0.39, 0.29) is 18.6 Å². The summed E-state index contributed by atoms with van der Waals surface area (Å²) in [6.07, 6.45) is 0.0448. The molecule has 16 heavy (non-hydrogen) atoms. The van der Waals surface area contributed by atoms with Gasteiger partial charge in [0.1, 0.15) is 12.4 Å². The Morgan fingerprint density at radius 3 is 2.69 bits per heavy atom. The Kier molecular flexibility index (Phi) is 4.79. The van der Waals surface area contributed by atoms with Crippen molar-refractivity contribution in [1.82, 2.24) is 0 Å². The molecule has 0 spiro atoms. The fourth-order valence-corrected chi connectivity index (χ4v) is 1.18. The monoisotopic (exact) mass is 223 g/mol. The van der Waals surface area contributed by atoms with Crippen LogP contribution >= 0.6 is 0 Å². The standard InChI is InChI=1S/C12H17NO3/c1-9(2)16-8-12(14)13-10-6-4-5-7-11(10)15-3/h4-7,9H,8H2,1-3H3,(H,13,14). The lowest BCUT2D eigenvalue weighted by Gasteiger charge is -2.11. The summed E-state index contributed by atoms with van der Waals surface area (Å²) in [6.45, 7) is 3.82. The minimum absolute atomic E-state index is 0.0448. The van der Waals surface area contributed by atoms with E-state index in [1.165, 1.54) is 0 Å². The van der Waals surface area contributed by atoms with E-state index < -0.39 is 0 Å². The van der Waals surface area contributed by atoms with Gasteiger partial charge in [0, 0.05) is 0 Å². The fourth-order valence-electron chi connectivity index (χ4n) is 1.18. The zero-order valence-electron chi connectivity index (χ0n) is 9.82. The zero-order chi connectivity index (χ0) is 12.0. The van der Waals surface area contributed by atoms with Crippen molar-refractivity contribution in [2.24, 2.45) is 0 Å². The van der Waals surface area contributed by atoms with Crippen LogP contribution in [0.5, 0.6) is 5.75 Å². The Bertz CT molecular complexity index is 350. The summed E-state index contributed by atoms with van der Waals surface area (Å²) in [5.74, 6) is 0.457. The maximum absolute atomic E-state index is 11.5. The van der Waals surface area contributed by atoms with Crippen molar-refractivity contribution in [3.63, 3.8) is 0 Å². The Morgan fingerprint density at radius 1 is 1.38 bits per heavy atom. The molecule has 1 N–H and O–H groups in total. The normalized spacial score (nSPS) is 10.2. The largest absolute Gasteiger partial charge is 0.495 e. The number of carbonyl (C=O) groups excluding carboxylic acids is 1. The third kappa shape index (κ3) is 3.90. The van der Waals surface area contributed by atoms with Crippen LogP contribution in [-0.4, -0.2) is 25.7 Å². The molecule has 88 valence electrons. The summed E-state index contributed by atoms with van der Waals surface area (Å²) in [7, 11) is 1.57. The number of benzene rings is 1. The minimum Gasteiger partial charge on any atom is -0.495 e. The second-order valence-corrected chi connectivity index (χ2v) is 3.61. The lowest BCUT2D eigenvalue weighted by Crippen LogP contribution is -2.20. The number of methoxy groups -OCH3 is 1. The lowest BCUT2D eigenvalue weighted by molar-refractivity contribution is -0.121. The highest BCUT2D eigenvalue weighted by Crippen LogP contribution is 2.22.